The first-order valence-electron chi connectivity index (χ1n) is 6.79. The third-order valence-corrected chi connectivity index (χ3v) is 3.20. The fourth-order valence-corrected chi connectivity index (χ4v) is 1.91. The number of amides is 2. The topological polar surface area (TPSA) is 62.6 Å². The summed E-state index contributed by atoms with van der Waals surface area (Å²) >= 11 is 5.86. The molecule has 1 unspecified atom stereocenters. The van der Waals surface area contributed by atoms with Crippen LogP contribution >= 0.6 is 11.6 Å². The zero-order chi connectivity index (χ0) is 15.1. The van der Waals surface area contributed by atoms with Crippen molar-refractivity contribution in [2.24, 2.45) is 0 Å². The lowest BCUT2D eigenvalue weighted by molar-refractivity contribution is -0.130. The Balaban J connectivity index is 2.41. The van der Waals surface area contributed by atoms with E-state index in [1.165, 1.54) is 0 Å². The molecule has 1 atom stereocenters. The summed E-state index contributed by atoms with van der Waals surface area (Å²) in [6.45, 7) is 7.28. The lowest BCUT2D eigenvalue weighted by Gasteiger charge is -2.18. The number of rotatable bonds is 7. The third-order valence-electron chi connectivity index (χ3n) is 2.98. The van der Waals surface area contributed by atoms with E-state index in [-0.39, 0.29) is 29.4 Å². The van der Waals surface area contributed by atoms with E-state index in [1.54, 1.807) is 24.0 Å². The molecule has 1 aromatic rings. The van der Waals surface area contributed by atoms with Crippen molar-refractivity contribution < 1.29 is 14.0 Å². The highest BCUT2D eigenvalue weighted by atomic mass is 35.5. The molecule has 0 aromatic carbocycles. The predicted molar refractivity (Wildman–Crippen MR) is 77.9 cm³/mol. The van der Waals surface area contributed by atoms with Crippen LogP contribution in [0.25, 0.3) is 0 Å². The van der Waals surface area contributed by atoms with Crippen LogP contribution in [-0.4, -0.2) is 36.3 Å². The summed E-state index contributed by atoms with van der Waals surface area (Å²) in [6, 6.07) is 3.25. The van der Waals surface area contributed by atoms with Gasteiger partial charge in [0, 0.05) is 26.1 Å². The minimum atomic E-state index is -0.332. The lowest BCUT2D eigenvalue weighted by Crippen LogP contribution is -2.34. The van der Waals surface area contributed by atoms with Gasteiger partial charge >= 0.3 is 0 Å². The average molecular weight is 301 g/mol. The van der Waals surface area contributed by atoms with E-state index in [0.717, 1.165) is 0 Å². The first-order chi connectivity index (χ1) is 9.49. The Morgan fingerprint density at radius 3 is 2.50 bits per heavy atom. The number of nitrogens with zero attached hydrogens (tertiary/aromatic N) is 1. The number of hydrogen-bond donors (Lipinski definition) is 1. The number of carbonyl (C=O) groups is 2. The van der Waals surface area contributed by atoms with Gasteiger partial charge in [-0.25, -0.2) is 0 Å². The van der Waals surface area contributed by atoms with Crippen molar-refractivity contribution in [3.63, 3.8) is 0 Å². The number of nitrogens with one attached hydrogen (secondary N) is 1. The van der Waals surface area contributed by atoms with Gasteiger partial charge in [-0.05, 0) is 32.9 Å². The largest absolute Gasteiger partial charge is 0.454 e. The third kappa shape index (κ3) is 4.56. The molecular weight excluding hydrogens is 280 g/mol. The summed E-state index contributed by atoms with van der Waals surface area (Å²) in [4.78, 5) is 25.3. The van der Waals surface area contributed by atoms with Gasteiger partial charge in [0.1, 0.15) is 5.76 Å². The molecule has 0 aliphatic rings. The summed E-state index contributed by atoms with van der Waals surface area (Å²) in [7, 11) is 0. The van der Waals surface area contributed by atoms with Gasteiger partial charge in [-0.1, -0.05) is 0 Å². The van der Waals surface area contributed by atoms with Crippen LogP contribution in [0.5, 0.6) is 0 Å². The van der Waals surface area contributed by atoms with Gasteiger partial charge < -0.3 is 14.6 Å². The van der Waals surface area contributed by atoms with E-state index in [9.17, 15) is 9.59 Å². The number of halogens is 1. The van der Waals surface area contributed by atoms with Gasteiger partial charge in [-0.15, -0.1) is 11.6 Å². The standard InChI is InChI=1S/C14H21ClN2O3/c1-4-17(5-2)13(18)8-9-16-14(19)12-7-6-11(20-12)10(3)15/h6-7,10H,4-5,8-9H2,1-3H3,(H,16,19). The van der Waals surface area contributed by atoms with Gasteiger partial charge in [0.15, 0.2) is 5.76 Å². The molecule has 0 fully saturated rings. The van der Waals surface area contributed by atoms with Gasteiger partial charge in [-0.2, -0.15) is 0 Å². The van der Waals surface area contributed by atoms with E-state index in [4.69, 9.17) is 16.0 Å². The van der Waals surface area contributed by atoms with Crippen molar-refractivity contribution in [1.29, 1.82) is 0 Å². The Hall–Kier alpha value is -1.49. The SMILES string of the molecule is CCN(CC)C(=O)CCNC(=O)c1ccc(C(C)Cl)o1. The monoisotopic (exact) mass is 300 g/mol. The zero-order valence-electron chi connectivity index (χ0n) is 12.1. The van der Waals surface area contributed by atoms with Crippen molar-refractivity contribution in [3.05, 3.63) is 23.7 Å². The number of hydrogen-bond acceptors (Lipinski definition) is 3. The Morgan fingerprint density at radius 2 is 2.00 bits per heavy atom. The second kappa shape index (κ2) is 7.94. The van der Waals surface area contributed by atoms with E-state index < -0.39 is 0 Å². The Bertz CT molecular complexity index is 453. The molecule has 0 spiro atoms. The van der Waals surface area contributed by atoms with Crippen LogP contribution in [0.3, 0.4) is 0 Å². The minimum absolute atomic E-state index is 0.0322. The second-order valence-corrected chi connectivity index (χ2v) is 5.04. The van der Waals surface area contributed by atoms with E-state index >= 15 is 0 Å². The van der Waals surface area contributed by atoms with Crippen LogP contribution in [0, 0.1) is 0 Å². The molecule has 0 saturated heterocycles. The van der Waals surface area contributed by atoms with Crippen molar-refractivity contribution in [1.82, 2.24) is 10.2 Å². The molecule has 1 aromatic heterocycles. The minimum Gasteiger partial charge on any atom is -0.454 e. The Kier molecular flexibility index (Phi) is 6.58. The predicted octanol–water partition coefficient (Wildman–Crippen LogP) is 2.57. The van der Waals surface area contributed by atoms with Gasteiger partial charge in [0.25, 0.3) is 5.91 Å². The number of carbonyl (C=O) groups excluding carboxylic acids is 2. The molecule has 0 radical (unpaired) electrons. The maximum Gasteiger partial charge on any atom is 0.287 e. The summed E-state index contributed by atoms with van der Waals surface area (Å²) in [5, 5.41) is 2.38. The molecule has 0 saturated carbocycles. The van der Waals surface area contributed by atoms with E-state index in [0.29, 0.717) is 25.4 Å². The molecule has 1 rings (SSSR count). The van der Waals surface area contributed by atoms with E-state index in [1.807, 2.05) is 13.8 Å². The summed E-state index contributed by atoms with van der Waals surface area (Å²) in [5.74, 6) is 0.463. The fraction of sp³-hybridized carbons (Fsp3) is 0.571. The summed E-state index contributed by atoms with van der Waals surface area (Å²) < 4.78 is 5.31. The molecule has 112 valence electrons. The Morgan fingerprint density at radius 1 is 1.35 bits per heavy atom. The van der Waals surface area contributed by atoms with E-state index in [2.05, 4.69) is 5.32 Å². The van der Waals surface area contributed by atoms with Crippen molar-refractivity contribution >= 4 is 23.4 Å². The maximum absolute atomic E-state index is 11.8. The first-order valence-corrected chi connectivity index (χ1v) is 7.23. The number of alkyl halides is 1. The molecule has 1 N–H and O–H groups in total. The molecule has 0 aliphatic heterocycles. The summed E-state index contributed by atoms with van der Waals surface area (Å²) in [5.41, 5.74) is 0. The quantitative estimate of drug-likeness (QED) is 0.787. The molecule has 2 amide bonds. The Labute approximate surface area is 124 Å². The van der Waals surface area contributed by atoms with Crippen molar-refractivity contribution in [2.45, 2.75) is 32.6 Å². The maximum atomic E-state index is 11.8. The van der Waals surface area contributed by atoms with Crippen molar-refractivity contribution in [2.75, 3.05) is 19.6 Å². The molecule has 20 heavy (non-hydrogen) atoms. The van der Waals surface area contributed by atoms with Crippen LogP contribution in [-0.2, 0) is 4.79 Å². The smallest absolute Gasteiger partial charge is 0.287 e. The average Bonchev–Trinajstić information content (AvgIpc) is 2.89. The highest BCUT2D eigenvalue weighted by molar-refractivity contribution is 6.20. The summed E-state index contributed by atoms with van der Waals surface area (Å²) in [6.07, 6.45) is 0.285. The van der Waals surface area contributed by atoms with Crippen LogP contribution in [0.15, 0.2) is 16.5 Å². The lowest BCUT2D eigenvalue weighted by atomic mass is 10.3. The second-order valence-electron chi connectivity index (χ2n) is 4.39. The van der Waals surface area contributed by atoms with Crippen LogP contribution in [0.1, 0.15) is 48.9 Å². The molecular formula is C14H21ClN2O3. The van der Waals surface area contributed by atoms with Gasteiger partial charge in [-0.3, -0.25) is 9.59 Å². The first kappa shape index (κ1) is 16.6. The van der Waals surface area contributed by atoms with Gasteiger partial charge in [0.05, 0.1) is 5.38 Å². The highest BCUT2D eigenvalue weighted by Crippen LogP contribution is 2.21. The number of furan rings is 1. The normalized spacial score (nSPS) is 12.0. The fourth-order valence-electron chi connectivity index (χ4n) is 1.79. The van der Waals surface area contributed by atoms with Crippen LogP contribution in [0.4, 0.5) is 0 Å². The molecule has 0 bridgehead atoms. The molecule has 0 aliphatic carbocycles. The molecule has 5 nitrogen and oxygen atoms in total. The molecule has 1 heterocycles. The van der Waals surface area contributed by atoms with Crippen LogP contribution < -0.4 is 5.32 Å². The van der Waals surface area contributed by atoms with Crippen LogP contribution in [0.2, 0.25) is 0 Å². The molecule has 6 heteroatoms. The van der Waals surface area contributed by atoms with Gasteiger partial charge in [0.2, 0.25) is 5.91 Å². The zero-order valence-corrected chi connectivity index (χ0v) is 12.9. The highest BCUT2D eigenvalue weighted by Gasteiger charge is 2.14. The van der Waals surface area contributed by atoms with Crippen molar-refractivity contribution in [3.8, 4) is 0 Å².